The third-order valence-corrected chi connectivity index (χ3v) is 10.1. The van der Waals surface area contributed by atoms with Crippen molar-refractivity contribution in [2.24, 2.45) is 5.92 Å². The van der Waals surface area contributed by atoms with Crippen molar-refractivity contribution in [2.45, 2.75) is 64.1 Å². The second kappa shape index (κ2) is 10.6. The number of aryl methyl sites for hydroxylation is 4. The molecule has 0 bridgehead atoms. The molecule has 2 aromatic rings. The first-order valence-corrected chi connectivity index (χ1v) is 14.8. The molecule has 0 radical (unpaired) electrons. The van der Waals surface area contributed by atoms with E-state index in [2.05, 4.69) is 24.2 Å². The molecule has 3 saturated heterocycles. The topological polar surface area (TPSA) is 102 Å². The van der Waals surface area contributed by atoms with Crippen LogP contribution in [-0.2, 0) is 24.3 Å². The number of amides is 1. The number of likely N-dealkylation sites (tertiary alicyclic amines) is 1. The number of carbonyl (C=O) groups excluding carboxylic acids is 1. The van der Waals surface area contributed by atoms with Crippen LogP contribution in [0.15, 0.2) is 21.6 Å². The molecule has 1 amide bonds. The lowest BCUT2D eigenvalue weighted by Gasteiger charge is -2.40. The molecule has 206 valence electrons. The van der Waals surface area contributed by atoms with Gasteiger partial charge in [0.25, 0.3) is 0 Å². The van der Waals surface area contributed by atoms with Crippen LogP contribution in [0, 0.1) is 33.6 Å². The Hall–Kier alpha value is -2.53. The Kier molecular flexibility index (Phi) is 7.52. The molecule has 38 heavy (non-hydrogen) atoms. The highest BCUT2D eigenvalue weighted by Crippen LogP contribution is 2.34. The van der Waals surface area contributed by atoms with Gasteiger partial charge >= 0.3 is 0 Å². The van der Waals surface area contributed by atoms with E-state index >= 15 is 0 Å². The lowest BCUT2D eigenvalue weighted by Crippen LogP contribution is -2.50. The standard InChI is InChI=1S/C28H37N3O6S/c1-19-17-20(2)24(21(3)18-19)5-6-25-26(22(4)29-37-25)38(33,34)31-11-7-23(8-12-31)27(32)30-13-9-28(10-14-30)35-15-16-36-28/h5-6,17-18,23H,7-16H2,1-4H3. The predicted octanol–water partition coefficient (Wildman–Crippen LogP) is 3.84. The van der Waals surface area contributed by atoms with Gasteiger partial charge in [0.1, 0.15) is 5.69 Å². The normalized spacial score (nSPS) is 21.1. The fourth-order valence-electron chi connectivity index (χ4n) is 6.00. The molecule has 3 aliphatic heterocycles. The third-order valence-electron chi connectivity index (χ3n) is 8.02. The van der Waals surface area contributed by atoms with Gasteiger partial charge in [-0.25, -0.2) is 8.42 Å². The molecule has 10 heteroatoms. The lowest BCUT2D eigenvalue weighted by molar-refractivity contribution is -0.188. The zero-order chi connectivity index (χ0) is 27.1. The molecule has 4 heterocycles. The van der Waals surface area contributed by atoms with Crippen LogP contribution < -0.4 is 0 Å². The Balaban J connectivity index is 1.25. The number of hydrogen-bond acceptors (Lipinski definition) is 7. The van der Waals surface area contributed by atoms with E-state index in [1.807, 2.05) is 24.8 Å². The second-order valence-electron chi connectivity index (χ2n) is 10.7. The van der Waals surface area contributed by atoms with E-state index in [-0.39, 0.29) is 35.6 Å². The second-order valence-corrected chi connectivity index (χ2v) is 12.6. The molecule has 3 fully saturated rings. The summed E-state index contributed by atoms with van der Waals surface area (Å²) >= 11 is 0. The number of rotatable bonds is 5. The molecule has 0 N–H and O–H groups in total. The molecular formula is C28H37N3O6S. The minimum atomic E-state index is -3.83. The van der Waals surface area contributed by atoms with Crippen LogP contribution in [0.2, 0.25) is 0 Å². The Morgan fingerprint density at radius 2 is 1.58 bits per heavy atom. The maximum Gasteiger partial charge on any atom is 0.248 e. The fourth-order valence-corrected chi connectivity index (χ4v) is 7.72. The average Bonchev–Trinajstić information content (AvgIpc) is 3.50. The lowest BCUT2D eigenvalue weighted by atomic mass is 9.94. The van der Waals surface area contributed by atoms with Crippen molar-refractivity contribution in [1.29, 1.82) is 0 Å². The van der Waals surface area contributed by atoms with Crippen LogP contribution in [0.25, 0.3) is 12.2 Å². The van der Waals surface area contributed by atoms with Gasteiger partial charge in [-0.15, -0.1) is 0 Å². The molecule has 5 rings (SSSR count). The Bertz CT molecular complexity index is 1300. The fraction of sp³-hybridized carbons (Fsp3) is 0.571. The molecule has 9 nitrogen and oxygen atoms in total. The summed E-state index contributed by atoms with van der Waals surface area (Å²) in [5, 5.41) is 3.97. The van der Waals surface area contributed by atoms with E-state index < -0.39 is 15.8 Å². The Morgan fingerprint density at radius 3 is 2.18 bits per heavy atom. The summed E-state index contributed by atoms with van der Waals surface area (Å²) in [6.45, 7) is 10.8. The quantitative estimate of drug-likeness (QED) is 0.565. The van der Waals surface area contributed by atoms with Crippen LogP contribution in [-0.4, -0.2) is 73.9 Å². The maximum absolute atomic E-state index is 13.7. The minimum absolute atomic E-state index is 0.0961. The predicted molar refractivity (Wildman–Crippen MR) is 143 cm³/mol. The van der Waals surface area contributed by atoms with Gasteiger partial charge in [-0.05, 0) is 63.3 Å². The highest BCUT2D eigenvalue weighted by Gasteiger charge is 2.42. The summed E-state index contributed by atoms with van der Waals surface area (Å²) in [6, 6.07) is 4.19. The van der Waals surface area contributed by atoms with E-state index in [1.54, 1.807) is 13.0 Å². The van der Waals surface area contributed by atoms with Gasteiger partial charge in [-0.3, -0.25) is 4.79 Å². The van der Waals surface area contributed by atoms with Gasteiger partial charge in [0.05, 0.1) is 13.2 Å². The number of benzene rings is 1. The van der Waals surface area contributed by atoms with Crippen LogP contribution in [0.3, 0.4) is 0 Å². The van der Waals surface area contributed by atoms with Gasteiger partial charge in [0, 0.05) is 44.9 Å². The van der Waals surface area contributed by atoms with Crippen molar-refractivity contribution in [3.8, 4) is 0 Å². The van der Waals surface area contributed by atoms with Crippen LogP contribution in [0.4, 0.5) is 0 Å². The maximum atomic E-state index is 13.7. The number of hydrogen-bond donors (Lipinski definition) is 0. The van der Waals surface area contributed by atoms with Crippen molar-refractivity contribution in [2.75, 3.05) is 39.4 Å². The largest absolute Gasteiger partial charge is 0.355 e. The van der Waals surface area contributed by atoms with Crippen molar-refractivity contribution >= 4 is 28.1 Å². The Morgan fingerprint density at radius 1 is 0.974 bits per heavy atom. The van der Waals surface area contributed by atoms with Crippen LogP contribution in [0.5, 0.6) is 0 Å². The van der Waals surface area contributed by atoms with Crippen LogP contribution >= 0.6 is 0 Å². The van der Waals surface area contributed by atoms with E-state index in [4.69, 9.17) is 14.0 Å². The zero-order valence-electron chi connectivity index (χ0n) is 22.7. The zero-order valence-corrected chi connectivity index (χ0v) is 23.5. The molecule has 1 aromatic carbocycles. The van der Waals surface area contributed by atoms with E-state index in [1.165, 1.54) is 9.87 Å². The van der Waals surface area contributed by atoms with Crippen molar-refractivity contribution in [1.82, 2.24) is 14.4 Å². The van der Waals surface area contributed by atoms with Crippen LogP contribution in [0.1, 0.15) is 59.4 Å². The first-order chi connectivity index (χ1) is 18.1. The summed E-state index contributed by atoms with van der Waals surface area (Å²) in [4.78, 5) is 15.2. The van der Waals surface area contributed by atoms with Crippen molar-refractivity contribution in [3.05, 3.63) is 45.8 Å². The highest BCUT2D eigenvalue weighted by molar-refractivity contribution is 7.89. The van der Waals surface area contributed by atoms with Gasteiger partial charge in [-0.2, -0.15) is 4.31 Å². The average molecular weight is 544 g/mol. The smallest absolute Gasteiger partial charge is 0.248 e. The van der Waals surface area contributed by atoms with Gasteiger partial charge < -0.3 is 18.9 Å². The van der Waals surface area contributed by atoms with Crippen molar-refractivity contribution < 1.29 is 27.2 Å². The SMILES string of the molecule is Cc1cc(C)c(C=Cc2onc(C)c2S(=O)(=O)N2CCC(C(=O)N3CCC4(CC3)OCCO4)CC2)c(C)c1. The minimum Gasteiger partial charge on any atom is -0.355 e. The summed E-state index contributed by atoms with van der Waals surface area (Å²) in [6.07, 6.45) is 5.91. The highest BCUT2D eigenvalue weighted by atomic mass is 32.2. The first-order valence-electron chi connectivity index (χ1n) is 13.4. The molecule has 0 aliphatic carbocycles. The molecule has 0 unspecified atom stereocenters. The van der Waals surface area contributed by atoms with E-state index in [0.717, 1.165) is 16.7 Å². The summed E-state index contributed by atoms with van der Waals surface area (Å²) in [7, 11) is -3.83. The number of nitrogens with zero attached hydrogens (tertiary/aromatic N) is 3. The molecule has 0 atom stereocenters. The van der Waals surface area contributed by atoms with Gasteiger partial charge in [-0.1, -0.05) is 28.9 Å². The molecule has 1 spiro atoms. The summed E-state index contributed by atoms with van der Waals surface area (Å²) in [5.74, 6) is -0.383. The number of ether oxygens (including phenoxy) is 2. The van der Waals surface area contributed by atoms with Gasteiger partial charge in [0.2, 0.25) is 15.9 Å². The Labute approximate surface area is 224 Å². The number of carbonyl (C=O) groups is 1. The number of aromatic nitrogens is 1. The monoisotopic (exact) mass is 543 g/mol. The first kappa shape index (κ1) is 27.1. The van der Waals surface area contributed by atoms with E-state index in [9.17, 15) is 13.2 Å². The summed E-state index contributed by atoms with van der Waals surface area (Å²) in [5.41, 5.74) is 4.76. The van der Waals surface area contributed by atoms with Gasteiger partial charge in [0.15, 0.2) is 16.4 Å². The molecule has 1 aromatic heterocycles. The third kappa shape index (κ3) is 5.19. The summed E-state index contributed by atoms with van der Waals surface area (Å²) < 4.78 is 45.8. The number of piperidine rings is 2. The molecule has 0 saturated carbocycles. The van der Waals surface area contributed by atoms with Crippen molar-refractivity contribution in [3.63, 3.8) is 0 Å². The van der Waals surface area contributed by atoms with E-state index in [0.29, 0.717) is 57.7 Å². The number of sulfonamides is 1. The molecule has 3 aliphatic rings. The molecular weight excluding hydrogens is 506 g/mol.